The molecule has 0 radical (unpaired) electrons. The summed E-state index contributed by atoms with van der Waals surface area (Å²) in [7, 11) is 0. The van der Waals surface area contributed by atoms with Crippen molar-refractivity contribution in [2.24, 2.45) is 5.41 Å². The van der Waals surface area contributed by atoms with Crippen molar-refractivity contribution in [3.63, 3.8) is 0 Å². The first kappa shape index (κ1) is 21.9. The molecule has 6 nitrogen and oxygen atoms in total. The van der Waals surface area contributed by atoms with Gasteiger partial charge in [-0.2, -0.15) is 0 Å². The third kappa shape index (κ3) is 4.35. The van der Waals surface area contributed by atoms with Crippen LogP contribution >= 0.6 is 0 Å². The fourth-order valence-electron chi connectivity index (χ4n) is 4.27. The zero-order chi connectivity index (χ0) is 23.2. The SMILES string of the molecule is CC(C)(C)CC(=O)N[C@H]1C[C@H]2C(=O)Nc3ccc(-c4ccc(F)cc4F)cc3C(=O)N2C1. The van der Waals surface area contributed by atoms with Gasteiger partial charge in [-0.1, -0.05) is 26.8 Å². The standard InChI is InChI=1S/C24H25F2N3O3/c1-24(2,3)11-21(30)27-15-10-20-22(31)28-19-7-4-13(8-17(19)23(32)29(20)12-15)16-6-5-14(25)9-18(16)26/h4-9,15,20H,10-12H2,1-3H3,(H,27,30)(H,28,31)/t15-,20-/m0/s1. The Kier molecular flexibility index (Phi) is 5.48. The Hall–Kier alpha value is -3.29. The van der Waals surface area contributed by atoms with Crippen LogP contribution in [0.1, 0.15) is 44.0 Å². The zero-order valence-corrected chi connectivity index (χ0v) is 18.2. The quantitative estimate of drug-likeness (QED) is 0.762. The normalized spacial score (nSPS) is 20.3. The second-order valence-electron chi connectivity index (χ2n) is 9.58. The molecule has 1 fully saturated rings. The van der Waals surface area contributed by atoms with Crippen LogP contribution in [0.25, 0.3) is 11.1 Å². The molecule has 2 atom stereocenters. The van der Waals surface area contributed by atoms with Gasteiger partial charge in [-0.05, 0) is 41.7 Å². The van der Waals surface area contributed by atoms with Crippen molar-refractivity contribution < 1.29 is 23.2 Å². The molecule has 2 N–H and O–H groups in total. The van der Waals surface area contributed by atoms with Crippen LogP contribution in [0.5, 0.6) is 0 Å². The molecule has 2 aromatic carbocycles. The van der Waals surface area contributed by atoms with Crippen LogP contribution in [-0.2, 0) is 9.59 Å². The molecule has 2 heterocycles. The van der Waals surface area contributed by atoms with Crippen molar-refractivity contribution in [3.05, 3.63) is 53.6 Å². The minimum absolute atomic E-state index is 0.123. The van der Waals surface area contributed by atoms with Crippen LogP contribution < -0.4 is 10.6 Å². The predicted molar refractivity (Wildman–Crippen MR) is 116 cm³/mol. The van der Waals surface area contributed by atoms with Gasteiger partial charge in [-0.3, -0.25) is 14.4 Å². The fourth-order valence-corrected chi connectivity index (χ4v) is 4.27. The molecule has 2 aliphatic rings. The summed E-state index contributed by atoms with van der Waals surface area (Å²) in [5.74, 6) is -2.26. The summed E-state index contributed by atoms with van der Waals surface area (Å²) in [4.78, 5) is 39.9. The molecule has 0 bridgehead atoms. The summed E-state index contributed by atoms with van der Waals surface area (Å²) < 4.78 is 27.5. The van der Waals surface area contributed by atoms with E-state index < -0.39 is 17.7 Å². The zero-order valence-electron chi connectivity index (χ0n) is 18.2. The number of carbonyl (C=O) groups excluding carboxylic acids is 3. The van der Waals surface area contributed by atoms with Crippen molar-refractivity contribution in [3.8, 4) is 11.1 Å². The second-order valence-corrected chi connectivity index (χ2v) is 9.58. The summed E-state index contributed by atoms with van der Waals surface area (Å²) in [6.45, 7) is 6.10. The monoisotopic (exact) mass is 441 g/mol. The molecule has 8 heteroatoms. The minimum atomic E-state index is -0.740. The number of hydrogen-bond acceptors (Lipinski definition) is 3. The van der Waals surface area contributed by atoms with E-state index >= 15 is 0 Å². The molecule has 0 unspecified atom stereocenters. The highest BCUT2D eigenvalue weighted by Crippen LogP contribution is 2.33. The molecule has 2 aliphatic heterocycles. The molecular weight excluding hydrogens is 416 g/mol. The van der Waals surface area contributed by atoms with Crippen molar-refractivity contribution in [2.45, 2.75) is 45.7 Å². The number of rotatable bonds is 3. The average molecular weight is 441 g/mol. The van der Waals surface area contributed by atoms with E-state index in [1.54, 1.807) is 12.1 Å². The molecule has 0 aliphatic carbocycles. The van der Waals surface area contributed by atoms with Gasteiger partial charge in [-0.25, -0.2) is 8.78 Å². The molecule has 0 spiro atoms. The lowest BCUT2D eigenvalue weighted by atomic mass is 9.92. The van der Waals surface area contributed by atoms with Crippen LogP contribution in [0.15, 0.2) is 36.4 Å². The van der Waals surface area contributed by atoms with Crippen LogP contribution in [0.2, 0.25) is 0 Å². The molecule has 3 amide bonds. The van der Waals surface area contributed by atoms with Crippen molar-refractivity contribution in [1.82, 2.24) is 10.2 Å². The van der Waals surface area contributed by atoms with E-state index in [-0.39, 0.29) is 46.9 Å². The number of hydrogen-bond donors (Lipinski definition) is 2. The van der Waals surface area contributed by atoms with E-state index in [2.05, 4.69) is 10.6 Å². The average Bonchev–Trinajstić information content (AvgIpc) is 3.06. The Morgan fingerprint density at radius 2 is 1.88 bits per heavy atom. The molecule has 168 valence electrons. The highest BCUT2D eigenvalue weighted by atomic mass is 19.1. The number of amides is 3. The van der Waals surface area contributed by atoms with E-state index in [9.17, 15) is 23.2 Å². The Labute approximate surface area is 185 Å². The molecule has 0 aromatic heterocycles. The maximum atomic E-state index is 14.3. The largest absolute Gasteiger partial charge is 0.351 e. The lowest BCUT2D eigenvalue weighted by Crippen LogP contribution is -2.41. The first-order valence-electron chi connectivity index (χ1n) is 10.5. The van der Waals surface area contributed by atoms with Crippen molar-refractivity contribution >= 4 is 23.4 Å². The van der Waals surface area contributed by atoms with Gasteiger partial charge in [0.05, 0.1) is 11.3 Å². The molecule has 32 heavy (non-hydrogen) atoms. The number of nitrogens with zero attached hydrogens (tertiary/aromatic N) is 1. The van der Waals surface area contributed by atoms with Gasteiger partial charge >= 0.3 is 0 Å². The number of nitrogens with one attached hydrogen (secondary N) is 2. The molecule has 0 saturated carbocycles. The van der Waals surface area contributed by atoms with E-state index in [1.165, 1.54) is 17.0 Å². The highest BCUT2D eigenvalue weighted by molar-refractivity contribution is 6.10. The topological polar surface area (TPSA) is 78.5 Å². The Morgan fingerprint density at radius 1 is 1.12 bits per heavy atom. The van der Waals surface area contributed by atoms with Crippen LogP contribution in [0.4, 0.5) is 14.5 Å². The minimum Gasteiger partial charge on any atom is -0.351 e. The van der Waals surface area contributed by atoms with Gasteiger partial charge in [0.2, 0.25) is 11.8 Å². The van der Waals surface area contributed by atoms with Crippen LogP contribution in [0.3, 0.4) is 0 Å². The van der Waals surface area contributed by atoms with E-state index in [0.717, 1.165) is 12.1 Å². The van der Waals surface area contributed by atoms with Gasteiger partial charge < -0.3 is 15.5 Å². The van der Waals surface area contributed by atoms with Crippen LogP contribution in [0, 0.1) is 17.0 Å². The summed E-state index contributed by atoms with van der Waals surface area (Å²) in [6, 6.07) is 6.84. The van der Waals surface area contributed by atoms with Gasteiger partial charge in [0.1, 0.15) is 17.7 Å². The number of anilines is 1. The second kappa shape index (κ2) is 8.00. The Balaban J connectivity index is 1.60. The third-order valence-electron chi connectivity index (χ3n) is 5.67. The lowest BCUT2D eigenvalue weighted by Gasteiger charge is -2.21. The number of benzene rings is 2. The molecule has 2 aromatic rings. The van der Waals surface area contributed by atoms with Crippen molar-refractivity contribution in [2.75, 3.05) is 11.9 Å². The predicted octanol–water partition coefficient (Wildman–Crippen LogP) is 3.72. The number of carbonyl (C=O) groups is 3. The Morgan fingerprint density at radius 3 is 2.56 bits per heavy atom. The van der Waals surface area contributed by atoms with Crippen LogP contribution in [-0.4, -0.2) is 41.2 Å². The van der Waals surface area contributed by atoms with Crippen molar-refractivity contribution in [1.29, 1.82) is 0 Å². The summed E-state index contributed by atoms with van der Waals surface area (Å²) in [5, 5.41) is 5.70. The molecule has 1 saturated heterocycles. The number of halogens is 2. The highest BCUT2D eigenvalue weighted by Gasteiger charge is 2.43. The molecule has 4 rings (SSSR count). The summed E-state index contributed by atoms with van der Waals surface area (Å²) in [6.07, 6.45) is 0.657. The fraction of sp³-hybridized carbons (Fsp3) is 0.375. The first-order chi connectivity index (χ1) is 15.0. The lowest BCUT2D eigenvalue weighted by molar-refractivity contribution is -0.123. The van der Waals surface area contributed by atoms with E-state index in [1.807, 2.05) is 20.8 Å². The first-order valence-corrected chi connectivity index (χ1v) is 10.5. The maximum absolute atomic E-state index is 14.3. The van der Waals surface area contributed by atoms with E-state index in [4.69, 9.17) is 0 Å². The maximum Gasteiger partial charge on any atom is 0.256 e. The van der Waals surface area contributed by atoms with E-state index in [0.29, 0.717) is 24.1 Å². The summed E-state index contributed by atoms with van der Waals surface area (Å²) in [5.41, 5.74) is 0.947. The third-order valence-corrected chi connectivity index (χ3v) is 5.67. The van der Waals surface area contributed by atoms with Gasteiger partial charge in [0, 0.05) is 30.6 Å². The Bertz CT molecular complexity index is 1110. The smallest absolute Gasteiger partial charge is 0.256 e. The van der Waals surface area contributed by atoms with Gasteiger partial charge in [0.25, 0.3) is 5.91 Å². The number of fused-ring (bicyclic) bond motifs is 2. The molecular formula is C24H25F2N3O3. The summed E-state index contributed by atoms with van der Waals surface area (Å²) >= 11 is 0. The van der Waals surface area contributed by atoms with Gasteiger partial charge in [0.15, 0.2) is 0 Å². The van der Waals surface area contributed by atoms with Gasteiger partial charge in [-0.15, -0.1) is 0 Å².